The topological polar surface area (TPSA) is 46.5 Å². The molecule has 2 atom stereocenters. The van der Waals surface area contributed by atoms with E-state index in [1.807, 2.05) is 6.92 Å². The molecule has 2 rings (SSSR count). The van der Waals surface area contributed by atoms with E-state index in [1.165, 1.54) is 0 Å². The Morgan fingerprint density at radius 3 is 3.00 bits per heavy atom. The fourth-order valence-corrected chi connectivity index (χ4v) is 2.02. The second-order valence-corrected chi connectivity index (χ2v) is 4.17. The Morgan fingerprint density at radius 1 is 1.60 bits per heavy atom. The summed E-state index contributed by atoms with van der Waals surface area (Å²) in [5.74, 6) is -0.705. The summed E-state index contributed by atoms with van der Waals surface area (Å²) in [6, 6.07) is 5.08. The Bertz CT molecular complexity index is 403. The summed E-state index contributed by atoms with van der Waals surface area (Å²) in [4.78, 5) is 11.1. The zero-order valence-electron chi connectivity index (χ0n) is 8.24. The maximum atomic E-state index is 11.1. The van der Waals surface area contributed by atoms with E-state index in [9.17, 15) is 4.79 Å². The molecule has 0 radical (unpaired) electrons. The predicted octanol–water partition coefficient (Wildman–Crippen LogP) is 2.68. The summed E-state index contributed by atoms with van der Waals surface area (Å²) in [6.45, 7) is 1.86. The predicted molar refractivity (Wildman–Crippen MR) is 56.5 cm³/mol. The van der Waals surface area contributed by atoms with Gasteiger partial charge in [0.25, 0.3) is 0 Å². The van der Waals surface area contributed by atoms with Crippen molar-refractivity contribution in [3.63, 3.8) is 0 Å². The third kappa shape index (κ3) is 1.92. The van der Waals surface area contributed by atoms with Gasteiger partial charge >= 0.3 is 5.97 Å². The summed E-state index contributed by atoms with van der Waals surface area (Å²) in [6.07, 6.45) is 0.418. The first-order valence-corrected chi connectivity index (χ1v) is 5.14. The quantitative estimate of drug-likeness (QED) is 0.801. The molecular formula is C11H11ClO3. The van der Waals surface area contributed by atoms with Crippen LogP contribution in [0.2, 0.25) is 5.02 Å². The monoisotopic (exact) mass is 226 g/mol. The molecule has 0 spiro atoms. The SMILES string of the molecule is CC1CC(C(=O)O)c2ccc(Cl)cc2O1. The molecule has 0 amide bonds. The van der Waals surface area contributed by atoms with Gasteiger partial charge in [-0.05, 0) is 19.1 Å². The molecule has 15 heavy (non-hydrogen) atoms. The number of fused-ring (bicyclic) bond motifs is 1. The number of rotatable bonds is 1. The summed E-state index contributed by atoms with van der Waals surface area (Å²) in [5, 5.41) is 9.65. The second-order valence-electron chi connectivity index (χ2n) is 3.74. The molecule has 1 aliphatic rings. The molecule has 0 bridgehead atoms. The highest BCUT2D eigenvalue weighted by Gasteiger charge is 2.30. The van der Waals surface area contributed by atoms with Crippen LogP contribution >= 0.6 is 11.6 Å². The first-order chi connectivity index (χ1) is 7.08. The summed E-state index contributed by atoms with van der Waals surface area (Å²) < 4.78 is 5.55. The van der Waals surface area contributed by atoms with Crippen molar-refractivity contribution in [2.45, 2.75) is 25.4 Å². The average Bonchev–Trinajstić information content (AvgIpc) is 2.15. The third-order valence-electron chi connectivity index (χ3n) is 2.54. The largest absolute Gasteiger partial charge is 0.490 e. The van der Waals surface area contributed by atoms with Crippen molar-refractivity contribution in [1.82, 2.24) is 0 Å². The Balaban J connectivity index is 2.46. The minimum atomic E-state index is -0.811. The number of benzene rings is 1. The van der Waals surface area contributed by atoms with Gasteiger partial charge in [-0.1, -0.05) is 17.7 Å². The Labute approximate surface area is 92.6 Å². The minimum absolute atomic E-state index is 0.0860. The molecule has 1 aliphatic heterocycles. The molecule has 0 saturated heterocycles. The molecule has 0 saturated carbocycles. The molecule has 80 valence electrons. The summed E-state index contributed by atoms with van der Waals surface area (Å²) in [7, 11) is 0. The molecule has 1 heterocycles. The lowest BCUT2D eigenvalue weighted by Gasteiger charge is -2.28. The summed E-state index contributed by atoms with van der Waals surface area (Å²) >= 11 is 5.82. The van der Waals surface area contributed by atoms with E-state index in [-0.39, 0.29) is 6.10 Å². The number of aliphatic carboxylic acids is 1. The van der Waals surface area contributed by atoms with E-state index >= 15 is 0 Å². The van der Waals surface area contributed by atoms with Crippen LogP contribution in [0.4, 0.5) is 0 Å². The fraction of sp³-hybridized carbons (Fsp3) is 0.364. The van der Waals surface area contributed by atoms with Crippen LogP contribution in [0.1, 0.15) is 24.8 Å². The lowest BCUT2D eigenvalue weighted by atomic mass is 9.90. The first kappa shape index (κ1) is 10.3. The van der Waals surface area contributed by atoms with Crippen LogP contribution in [0, 0.1) is 0 Å². The standard InChI is InChI=1S/C11H11ClO3/c1-6-4-9(11(13)14)8-3-2-7(12)5-10(8)15-6/h2-3,5-6,9H,4H2,1H3,(H,13,14). The second kappa shape index (κ2) is 3.74. The van der Waals surface area contributed by atoms with Crippen LogP contribution in [-0.2, 0) is 4.79 Å². The lowest BCUT2D eigenvalue weighted by Crippen LogP contribution is -2.27. The Hall–Kier alpha value is -1.22. The van der Waals surface area contributed by atoms with Crippen molar-refractivity contribution < 1.29 is 14.6 Å². The van der Waals surface area contributed by atoms with Crippen LogP contribution in [0.3, 0.4) is 0 Å². The molecule has 4 heteroatoms. The van der Waals surface area contributed by atoms with Crippen LogP contribution in [0.25, 0.3) is 0 Å². The van der Waals surface area contributed by atoms with Crippen molar-refractivity contribution in [2.75, 3.05) is 0 Å². The van der Waals surface area contributed by atoms with E-state index in [4.69, 9.17) is 21.4 Å². The molecular weight excluding hydrogens is 216 g/mol. The number of carbonyl (C=O) groups is 1. The van der Waals surface area contributed by atoms with Gasteiger partial charge in [0.05, 0.1) is 12.0 Å². The van der Waals surface area contributed by atoms with Crippen molar-refractivity contribution in [3.05, 3.63) is 28.8 Å². The van der Waals surface area contributed by atoms with Crippen LogP contribution in [0.5, 0.6) is 5.75 Å². The molecule has 1 aromatic carbocycles. The molecule has 1 aromatic rings. The normalized spacial score (nSPS) is 24.1. The third-order valence-corrected chi connectivity index (χ3v) is 2.78. The summed E-state index contributed by atoms with van der Waals surface area (Å²) in [5.41, 5.74) is 0.713. The Kier molecular flexibility index (Phi) is 2.57. The van der Waals surface area contributed by atoms with Gasteiger partial charge in [-0.2, -0.15) is 0 Å². The zero-order chi connectivity index (χ0) is 11.0. The van der Waals surface area contributed by atoms with Gasteiger partial charge in [-0.15, -0.1) is 0 Å². The zero-order valence-corrected chi connectivity index (χ0v) is 8.99. The number of ether oxygens (including phenoxy) is 1. The number of carboxylic acids is 1. The maximum absolute atomic E-state index is 11.1. The highest BCUT2D eigenvalue weighted by molar-refractivity contribution is 6.30. The van der Waals surface area contributed by atoms with Crippen LogP contribution in [-0.4, -0.2) is 17.2 Å². The van der Waals surface area contributed by atoms with Gasteiger partial charge < -0.3 is 9.84 Å². The maximum Gasteiger partial charge on any atom is 0.311 e. The van der Waals surface area contributed by atoms with Gasteiger partial charge in [0.1, 0.15) is 5.75 Å². The van der Waals surface area contributed by atoms with Crippen molar-refractivity contribution >= 4 is 17.6 Å². The molecule has 0 aromatic heterocycles. The van der Waals surface area contributed by atoms with Crippen molar-refractivity contribution in [1.29, 1.82) is 0 Å². The first-order valence-electron chi connectivity index (χ1n) is 4.77. The van der Waals surface area contributed by atoms with E-state index in [0.29, 0.717) is 22.8 Å². The molecule has 2 unspecified atom stereocenters. The van der Waals surface area contributed by atoms with Crippen LogP contribution in [0.15, 0.2) is 18.2 Å². The van der Waals surface area contributed by atoms with Gasteiger partial charge in [-0.25, -0.2) is 0 Å². The molecule has 1 N–H and O–H groups in total. The fourth-order valence-electron chi connectivity index (χ4n) is 1.86. The number of halogens is 1. The van der Waals surface area contributed by atoms with E-state index in [0.717, 1.165) is 0 Å². The Morgan fingerprint density at radius 2 is 2.33 bits per heavy atom. The average molecular weight is 227 g/mol. The smallest absolute Gasteiger partial charge is 0.311 e. The van der Waals surface area contributed by atoms with Gasteiger partial charge in [0.2, 0.25) is 0 Å². The van der Waals surface area contributed by atoms with Gasteiger partial charge in [0, 0.05) is 17.0 Å². The van der Waals surface area contributed by atoms with E-state index < -0.39 is 11.9 Å². The number of hydrogen-bond acceptors (Lipinski definition) is 2. The highest BCUT2D eigenvalue weighted by Crippen LogP contribution is 2.37. The van der Waals surface area contributed by atoms with E-state index in [1.54, 1.807) is 18.2 Å². The highest BCUT2D eigenvalue weighted by atomic mass is 35.5. The van der Waals surface area contributed by atoms with E-state index in [2.05, 4.69) is 0 Å². The van der Waals surface area contributed by atoms with Crippen molar-refractivity contribution in [2.24, 2.45) is 0 Å². The van der Waals surface area contributed by atoms with Crippen molar-refractivity contribution in [3.8, 4) is 5.75 Å². The molecule has 0 fully saturated rings. The minimum Gasteiger partial charge on any atom is -0.490 e. The molecule has 0 aliphatic carbocycles. The number of hydrogen-bond donors (Lipinski definition) is 1. The van der Waals surface area contributed by atoms with Gasteiger partial charge in [-0.3, -0.25) is 4.79 Å². The lowest BCUT2D eigenvalue weighted by molar-refractivity contribution is -0.139. The molecule has 3 nitrogen and oxygen atoms in total. The number of carboxylic acid groups (broad SMARTS) is 1. The van der Waals surface area contributed by atoms with Gasteiger partial charge in [0.15, 0.2) is 0 Å². The van der Waals surface area contributed by atoms with Crippen LogP contribution < -0.4 is 4.74 Å².